The number of hydrogen-bond acceptors (Lipinski definition) is 8. The molecule has 0 radical (unpaired) electrons. The van der Waals surface area contributed by atoms with E-state index in [1.165, 1.54) is 488 Å². The molecule has 0 aromatic heterocycles. The first-order chi connectivity index (χ1) is 55.8. The van der Waals surface area contributed by atoms with Crippen LogP contribution in [0.3, 0.4) is 0 Å². The van der Waals surface area contributed by atoms with Crippen LogP contribution in [0, 0.1) is 0 Å². The van der Waals surface area contributed by atoms with Crippen molar-refractivity contribution in [1.82, 2.24) is 0 Å². The zero-order chi connectivity index (χ0) is 81.5. The minimum absolute atomic E-state index is 0.0824. The van der Waals surface area contributed by atoms with Gasteiger partial charge in [-0.1, -0.05) is 593 Å². The zero-order valence-corrected chi connectivity index (χ0v) is 78.6. The Morgan fingerprint density at radius 2 is 0.195 bits per heavy atom. The van der Waals surface area contributed by atoms with Crippen molar-refractivity contribution in [1.29, 1.82) is 0 Å². The van der Waals surface area contributed by atoms with E-state index in [0.29, 0.717) is 25.7 Å². The zero-order valence-electron chi connectivity index (χ0n) is 77.6. The van der Waals surface area contributed by atoms with Crippen LogP contribution in [0.2, 0.25) is 0 Å². The normalized spacial score (nSPS) is 11.7. The summed E-state index contributed by atoms with van der Waals surface area (Å²) in [7, 11) is -4.92. The van der Waals surface area contributed by atoms with E-state index in [1.807, 2.05) is 0 Å². The van der Waals surface area contributed by atoms with E-state index >= 15 is 0 Å². The van der Waals surface area contributed by atoms with Gasteiger partial charge in [-0.2, -0.15) is 0 Å². The van der Waals surface area contributed by atoms with Gasteiger partial charge in [-0.05, 0) is 25.7 Å². The van der Waals surface area contributed by atoms with Crippen molar-refractivity contribution in [2.75, 3.05) is 0 Å². The molecule has 0 aliphatic rings. The molecule has 113 heavy (non-hydrogen) atoms. The monoisotopic (exact) mass is 1610 g/mol. The maximum absolute atomic E-state index is 14.0. The van der Waals surface area contributed by atoms with E-state index < -0.39 is 32.9 Å². The number of carbonyl (C=O) groups is 4. The van der Waals surface area contributed by atoms with E-state index in [2.05, 4.69) is 27.7 Å². The summed E-state index contributed by atoms with van der Waals surface area (Å²) in [6.07, 6.45) is 120. The number of carbonyl (C=O) groups excluding carboxylic acids is 4. The topological polar surface area (TPSA) is 105 Å². The highest BCUT2D eigenvalue weighted by atomic mass is 28.4. The Kier molecular flexibility index (Phi) is 95.6. The molecule has 0 spiro atoms. The molecule has 0 fully saturated rings. The molecule has 0 aliphatic carbocycles. The van der Waals surface area contributed by atoms with E-state index in [1.54, 1.807) is 0 Å². The van der Waals surface area contributed by atoms with Gasteiger partial charge in [0, 0.05) is 25.7 Å². The standard InChI is InChI=1S/C104H204O8Si/c1-5-9-13-17-21-25-29-33-37-41-45-49-53-57-61-65-69-73-77-81-85-89-93-97-101(105)109-113(110-102(106)98-94-90-86-82-78-74-70-66-62-58-54-50-46-42-38-34-30-26-22-18-14-10-6-2,111-103(107)99-95-91-87-83-79-75-71-67-63-59-55-51-47-43-39-35-31-27-23-19-15-11-7-3)112-104(108)100-96-92-88-84-80-76-72-68-64-60-56-52-48-44-40-36-32-28-24-20-16-12-8-4/h5-100H2,1-4H3. The Bertz CT molecular complexity index is 1600. The minimum Gasteiger partial charge on any atom is -0.423 e. The lowest BCUT2D eigenvalue weighted by molar-refractivity contribution is -0.163. The van der Waals surface area contributed by atoms with Gasteiger partial charge >= 0.3 is 9.05 Å². The summed E-state index contributed by atoms with van der Waals surface area (Å²) < 4.78 is 24.1. The lowest BCUT2D eigenvalue weighted by Crippen LogP contribution is -2.54. The van der Waals surface area contributed by atoms with Gasteiger partial charge in [-0.15, -0.1) is 0 Å². The fourth-order valence-corrected chi connectivity index (χ4v) is 18.9. The van der Waals surface area contributed by atoms with E-state index in [9.17, 15) is 19.2 Å². The van der Waals surface area contributed by atoms with Crippen molar-refractivity contribution in [2.24, 2.45) is 0 Å². The molecule has 0 bridgehead atoms. The average Bonchev–Trinajstić information content (AvgIpc) is 0.828. The quantitative estimate of drug-likeness (QED) is 0.0438. The van der Waals surface area contributed by atoms with Crippen molar-refractivity contribution >= 4 is 32.9 Å². The van der Waals surface area contributed by atoms with Crippen LogP contribution >= 0.6 is 0 Å². The van der Waals surface area contributed by atoms with E-state index in [-0.39, 0.29) is 25.7 Å². The summed E-state index contributed by atoms with van der Waals surface area (Å²) in [6, 6.07) is 0. The molecule has 0 N–H and O–H groups in total. The second kappa shape index (κ2) is 97.2. The van der Waals surface area contributed by atoms with Gasteiger partial charge in [0.05, 0.1) is 0 Å². The van der Waals surface area contributed by atoms with Gasteiger partial charge < -0.3 is 17.7 Å². The molecule has 672 valence electrons. The van der Waals surface area contributed by atoms with Crippen molar-refractivity contribution in [2.45, 2.75) is 644 Å². The fourth-order valence-electron chi connectivity index (χ4n) is 17.1. The Hall–Kier alpha value is -1.90. The molecular weight excluding hydrogens is 1410 g/mol. The van der Waals surface area contributed by atoms with Gasteiger partial charge in [0.2, 0.25) is 0 Å². The third-order valence-corrected chi connectivity index (χ3v) is 26.8. The van der Waals surface area contributed by atoms with E-state index in [0.717, 1.165) is 77.0 Å². The molecule has 0 unspecified atom stereocenters. The lowest BCUT2D eigenvalue weighted by Gasteiger charge is -2.25. The van der Waals surface area contributed by atoms with Crippen molar-refractivity contribution in [3.05, 3.63) is 0 Å². The van der Waals surface area contributed by atoms with Gasteiger partial charge in [0.25, 0.3) is 23.9 Å². The summed E-state index contributed by atoms with van der Waals surface area (Å²) in [4.78, 5) is 55.8. The summed E-state index contributed by atoms with van der Waals surface area (Å²) in [5.74, 6) is -2.53. The third kappa shape index (κ3) is 92.2. The summed E-state index contributed by atoms with van der Waals surface area (Å²) in [5, 5.41) is 0. The minimum atomic E-state index is -4.92. The van der Waals surface area contributed by atoms with Gasteiger partial charge in [-0.25, -0.2) is 0 Å². The van der Waals surface area contributed by atoms with Gasteiger partial charge in [0.1, 0.15) is 0 Å². The molecule has 0 amide bonds. The number of rotatable bonds is 100. The largest absolute Gasteiger partial charge is 0.974 e. The van der Waals surface area contributed by atoms with Crippen molar-refractivity contribution in [3.63, 3.8) is 0 Å². The highest BCUT2D eigenvalue weighted by Gasteiger charge is 2.62. The second-order valence-corrected chi connectivity index (χ2v) is 38.3. The molecule has 9 heteroatoms. The molecule has 0 atom stereocenters. The molecule has 0 aromatic rings. The predicted octanol–water partition coefficient (Wildman–Crippen LogP) is 37.1. The SMILES string of the molecule is CCCCCCCCCCCCCCCCCCCCCCCCCC(=O)O[Si](OC(=O)CCCCCCCCCCCCCCCCCCCCCCCCC)(OC(=O)CCCCCCCCCCCCCCCCCCCCCCCCC)OC(=O)CCCCCCCCCCCCCCCCCCCCCCCCC. The maximum atomic E-state index is 14.0. The van der Waals surface area contributed by atoms with Gasteiger partial charge in [-0.3, -0.25) is 19.2 Å². The predicted molar refractivity (Wildman–Crippen MR) is 496 cm³/mol. The first kappa shape index (κ1) is 111. The highest BCUT2D eigenvalue weighted by Crippen LogP contribution is 2.26. The van der Waals surface area contributed by atoms with Crippen LogP contribution < -0.4 is 0 Å². The van der Waals surface area contributed by atoms with Gasteiger partial charge in [0.15, 0.2) is 0 Å². The van der Waals surface area contributed by atoms with Crippen LogP contribution in [0.25, 0.3) is 0 Å². The molecule has 0 aromatic carbocycles. The molecule has 0 saturated carbocycles. The van der Waals surface area contributed by atoms with Crippen LogP contribution in [-0.2, 0) is 36.9 Å². The smallest absolute Gasteiger partial charge is 0.423 e. The van der Waals surface area contributed by atoms with Crippen LogP contribution in [0.1, 0.15) is 644 Å². The molecule has 0 saturated heterocycles. The lowest BCUT2D eigenvalue weighted by atomic mass is 10.0. The number of unbranched alkanes of at least 4 members (excludes halogenated alkanes) is 88. The average molecular weight is 1610 g/mol. The highest BCUT2D eigenvalue weighted by molar-refractivity contribution is 6.61. The molecule has 0 aliphatic heterocycles. The Morgan fingerprint density at radius 1 is 0.124 bits per heavy atom. The summed E-state index contributed by atoms with van der Waals surface area (Å²) in [6.45, 7) is 9.19. The summed E-state index contributed by atoms with van der Waals surface area (Å²) in [5.41, 5.74) is 0. The van der Waals surface area contributed by atoms with Crippen LogP contribution in [0.5, 0.6) is 0 Å². The Balaban J connectivity index is 5.37. The second-order valence-electron chi connectivity index (χ2n) is 36.5. The van der Waals surface area contributed by atoms with Crippen molar-refractivity contribution in [3.8, 4) is 0 Å². The first-order valence-corrected chi connectivity index (χ1v) is 54.3. The van der Waals surface area contributed by atoms with Crippen LogP contribution in [0.15, 0.2) is 0 Å². The number of hydrogen-bond donors (Lipinski definition) is 0. The molecule has 0 heterocycles. The molecule has 8 nitrogen and oxygen atoms in total. The fraction of sp³-hybridized carbons (Fsp3) is 0.962. The Morgan fingerprint density at radius 3 is 0.274 bits per heavy atom. The summed E-state index contributed by atoms with van der Waals surface area (Å²) >= 11 is 0. The van der Waals surface area contributed by atoms with Crippen LogP contribution in [0.4, 0.5) is 0 Å². The molecule has 0 rings (SSSR count). The third-order valence-electron chi connectivity index (χ3n) is 24.9. The maximum Gasteiger partial charge on any atom is 0.974 e. The van der Waals surface area contributed by atoms with Crippen LogP contribution in [-0.4, -0.2) is 32.9 Å². The first-order valence-electron chi connectivity index (χ1n) is 52.7. The van der Waals surface area contributed by atoms with E-state index in [4.69, 9.17) is 17.7 Å². The Labute approximate surface area is 709 Å². The molecular formula is C104H204O8Si. The van der Waals surface area contributed by atoms with Crippen molar-refractivity contribution < 1.29 is 36.9 Å².